The van der Waals surface area contributed by atoms with Gasteiger partial charge in [0.15, 0.2) is 12.3 Å². The molecule has 7 nitrogen and oxygen atoms in total. The highest BCUT2D eigenvalue weighted by atomic mass is 16.5. The summed E-state index contributed by atoms with van der Waals surface area (Å²) in [5.41, 5.74) is 5.97. The Hall–Kier alpha value is -3.63. The number of likely N-dealkylation sites (tertiary alicyclic amines) is 1. The van der Waals surface area contributed by atoms with E-state index in [0.29, 0.717) is 12.6 Å². The number of ether oxygens (including phenoxy) is 1. The van der Waals surface area contributed by atoms with Gasteiger partial charge in [-0.1, -0.05) is 0 Å². The molecule has 5 rings (SSSR count). The number of hydrogen-bond acceptors (Lipinski definition) is 4. The zero-order chi connectivity index (χ0) is 23.8. The third-order valence-corrected chi connectivity index (χ3v) is 7.30. The number of hydrogen-bond donors (Lipinski definition) is 2. The van der Waals surface area contributed by atoms with Crippen LogP contribution in [0.1, 0.15) is 39.9 Å². The molecule has 0 saturated carbocycles. The molecule has 1 atom stereocenters. The summed E-state index contributed by atoms with van der Waals surface area (Å²) in [6.45, 7) is 5.35. The molecule has 0 radical (unpaired) electrons. The lowest BCUT2D eigenvalue weighted by Gasteiger charge is -2.42. The molecule has 34 heavy (non-hydrogen) atoms. The van der Waals surface area contributed by atoms with E-state index >= 15 is 0 Å². The van der Waals surface area contributed by atoms with Gasteiger partial charge in [-0.05, 0) is 48.9 Å². The number of carboxylic acids is 1. The summed E-state index contributed by atoms with van der Waals surface area (Å²) in [6, 6.07) is 14.2. The van der Waals surface area contributed by atoms with Gasteiger partial charge in [0.2, 0.25) is 0 Å². The average molecular weight is 458 g/mol. The SMILES string of the molecule is COc1cc(C)c2[nH]ccc2c1C[N+]1=C(c2ccc(C(=O)O)cc2)C[C@@H](N2CC(C#N)C2)CC1. The maximum atomic E-state index is 11.4. The van der Waals surface area contributed by atoms with Crippen molar-refractivity contribution in [1.82, 2.24) is 9.88 Å². The molecular formula is C27H29N4O3+. The second-order valence-corrected chi connectivity index (χ2v) is 9.32. The Morgan fingerprint density at radius 3 is 2.74 bits per heavy atom. The Kier molecular flexibility index (Phi) is 5.84. The van der Waals surface area contributed by atoms with Crippen LogP contribution < -0.4 is 4.74 Å². The zero-order valence-electron chi connectivity index (χ0n) is 19.5. The molecule has 7 heteroatoms. The topological polar surface area (TPSA) is 92.4 Å². The van der Waals surface area contributed by atoms with Crippen molar-refractivity contribution in [2.75, 3.05) is 26.7 Å². The number of fused-ring (bicyclic) bond motifs is 1. The Bertz CT molecular complexity index is 1310. The normalized spacial score (nSPS) is 19.1. The summed E-state index contributed by atoms with van der Waals surface area (Å²) in [7, 11) is 1.72. The van der Waals surface area contributed by atoms with Gasteiger partial charge in [-0.25, -0.2) is 9.37 Å². The molecule has 2 N–H and O–H groups in total. The number of rotatable bonds is 6. The number of nitrogens with zero attached hydrogens (tertiary/aromatic N) is 3. The van der Waals surface area contributed by atoms with Gasteiger partial charge in [-0.15, -0.1) is 0 Å². The van der Waals surface area contributed by atoms with Gasteiger partial charge in [0.1, 0.15) is 12.3 Å². The van der Waals surface area contributed by atoms with E-state index in [2.05, 4.69) is 39.6 Å². The maximum Gasteiger partial charge on any atom is 0.335 e. The minimum atomic E-state index is -0.919. The molecule has 0 amide bonds. The van der Waals surface area contributed by atoms with Crippen LogP contribution in [0.5, 0.6) is 5.75 Å². The van der Waals surface area contributed by atoms with E-state index < -0.39 is 5.97 Å². The molecule has 0 unspecified atom stereocenters. The smallest absolute Gasteiger partial charge is 0.335 e. The van der Waals surface area contributed by atoms with Gasteiger partial charge in [-0.3, -0.25) is 4.90 Å². The van der Waals surface area contributed by atoms with Gasteiger partial charge < -0.3 is 14.8 Å². The Morgan fingerprint density at radius 1 is 1.29 bits per heavy atom. The summed E-state index contributed by atoms with van der Waals surface area (Å²) in [5.74, 6) is 0.0965. The molecule has 3 aromatic rings. The van der Waals surface area contributed by atoms with Crippen LogP contribution in [0.15, 0.2) is 42.6 Å². The van der Waals surface area contributed by atoms with Gasteiger partial charge in [0.05, 0.1) is 30.2 Å². The lowest BCUT2D eigenvalue weighted by Crippen LogP contribution is -2.54. The number of nitriles is 1. The first kappa shape index (κ1) is 22.2. The fourth-order valence-corrected chi connectivity index (χ4v) is 5.35. The summed E-state index contributed by atoms with van der Waals surface area (Å²) in [5, 5.41) is 19.7. The van der Waals surface area contributed by atoms with E-state index in [1.54, 1.807) is 19.2 Å². The molecule has 1 aromatic heterocycles. The lowest BCUT2D eigenvalue weighted by atomic mass is 9.90. The molecule has 0 aliphatic carbocycles. The first-order valence-electron chi connectivity index (χ1n) is 11.7. The third-order valence-electron chi connectivity index (χ3n) is 7.30. The molecule has 0 bridgehead atoms. The third kappa shape index (κ3) is 3.95. The number of H-pyrrole nitrogens is 1. The summed E-state index contributed by atoms with van der Waals surface area (Å²) in [4.78, 5) is 17.1. The number of methoxy groups -OCH3 is 1. The molecule has 174 valence electrons. The van der Waals surface area contributed by atoms with Crippen molar-refractivity contribution in [2.45, 2.75) is 32.4 Å². The highest BCUT2D eigenvalue weighted by Crippen LogP contribution is 2.33. The van der Waals surface area contributed by atoms with Crippen LogP contribution in [-0.2, 0) is 6.54 Å². The van der Waals surface area contributed by atoms with Gasteiger partial charge >= 0.3 is 5.97 Å². The van der Waals surface area contributed by atoms with E-state index in [4.69, 9.17) is 4.74 Å². The van der Waals surface area contributed by atoms with E-state index in [1.165, 1.54) is 11.1 Å². The quantitative estimate of drug-likeness (QED) is 0.550. The molecule has 2 aromatic carbocycles. The van der Waals surface area contributed by atoms with Gasteiger partial charge in [0, 0.05) is 54.6 Å². The molecule has 3 heterocycles. The van der Waals surface area contributed by atoms with E-state index in [-0.39, 0.29) is 11.5 Å². The summed E-state index contributed by atoms with van der Waals surface area (Å²) in [6.07, 6.45) is 3.87. The average Bonchev–Trinajstić information content (AvgIpc) is 3.31. The number of aromatic nitrogens is 1. The Balaban J connectivity index is 1.54. The van der Waals surface area contributed by atoms with Crippen molar-refractivity contribution >= 4 is 22.6 Å². The minimum Gasteiger partial charge on any atom is -0.496 e. The van der Waals surface area contributed by atoms with Crippen LogP contribution >= 0.6 is 0 Å². The number of carbonyl (C=O) groups is 1. The predicted molar refractivity (Wildman–Crippen MR) is 130 cm³/mol. The highest BCUT2D eigenvalue weighted by Gasteiger charge is 2.38. The standard InChI is InChI=1S/C27H28N4O3/c1-17-11-25(34-2)23(22-7-9-29-26(17)22)16-30-10-8-21(31-14-18(13-28)15-31)12-24(30)19-3-5-20(6-4-19)27(32)33/h3-7,9,11,18,21,29H,8,10,12,14-16H2,1-2H3/p+1/t21-/m0/s1. The monoisotopic (exact) mass is 457 g/mol. The van der Waals surface area contributed by atoms with Crippen molar-refractivity contribution < 1.29 is 19.2 Å². The van der Waals surface area contributed by atoms with Crippen LogP contribution in [-0.4, -0.2) is 64.0 Å². The van der Waals surface area contributed by atoms with E-state index in [9.17, 15) is 15.2 Å². The van der Waals surface area contributed by atoms with Crippen LogP contribution in [0.4, 0.5) is 0 Å². The summed E-state index contributed by atoms with van der Waals surface area (Å²) < 4.78 is 8.19. The first-order chi connectivity index (χ1) is 16.5. The maximum absolute atomic E-state index is 11.4. The van der Waals surface area contributed by atoms with Crippen LogP contribution in [0.3, 0.4) is 0 Å². The molecule has 1 fully saturated rings. The fraction of sp³-hybridized carbons (Fsp3) is 0.370. The predicted octanol–water partition coefficient (Wildman–Crippen LogP) is 3.80. The Labute approximate surface area is 198 Å². The number of aromatic carboxylic acids is 1. The second kappa shape index (κ2) is 8.96. The highest BCUT2D eigenvalue weighted by molar-refractivity contribution is 5.98. The lowest BCUT2D eigenvalue weighted by molar-refractivity contribution is -0.550. The molecule has 2 aliphatic rings. The molecule has 0 spiro atoms. The van der Waals surface area contributed by atoms with Crippen LogP contribution in [0.2, 0.25) is 0 Å². The van der Waals surface area contributed by atoms with Crippen molar-refractivity contribution in [1.29, 1.82) is 5.26 Å². The number of aromatic amines is 1. The van der Waals surface area contributed by atoms with Gasteiger partial charge in [-0.2, -0.15) is 5.26 Å². The zero-order valence-corrected chi connectivity index (χ0v) is 19.5. The Morgan fingerprint density at radius 2 is 2.06 bits per heavy atom. The van der Waals surface area contributed by atoms with Crippen molar-refractivity contribution in [2.24, 2.45) is 5.92 Å². The number of aryl methyl sites for hydroxylation is 1. The second-order valence-electron chi connectivity index (χ2n) is 9.32. The molecular weight excluding hydrogens is 428 g/mol. The molecule has 2 aliphatic heterocycles. The fourth-order valence-electron chi connectivity index (χ4n) is 5.35. The largest absolute Gasteiger partial charge is 0.496 e. The molecule has 1 saturated heterocycles. The van der Waals surface area contributed by atoms with Crippen LogP contribution in [0, 0.1) is 24.2 Å². The minimum absolute atomic E-state index is 0.134. The van der Waals surface area contributed by atoms with Crippen molar-refractivity contribution in [3.05, 3.63) is 64.8 Å². The van der Waals surface area contributed by atoms with Crippen LogP contribution in [0.25, 0.3) is 10.9 Å². The van der Waals surface area contributed by atoms with Crippen molar-refractivity contribution in [3.8, 4) is 11.8 Å². The number of carboxylic acid groups (broad SMARTS) is 1. The van der Waals surface area contributed by atoms with E-state index in [0.717, 1.165) is 60.4 Å². The number of benzene rings is 2. The summed E-state index contributed by atoms with van der Waals surface area (Å²) >= 11 is 0. The first-order valence-corrected chi connectivity index (χ1v) is 11.7. The number of nitrogens with one attached hydrogen (secondary N) is 1. The van der Waals surface area contributed by atoms with Crippen molar-refractivity contribution in [3.63, 3.8) is 0 Å². The van der Waals surface area contributed by atoms with Gasteiger partial charge in [0.25, 0.3) is 0 Å². The van der Waals surface area contributed by atoms with E-state index in [1.807, 2.05) is 18.3 Å².